The van der Waals surface area contributed by atoms with Gasteiger partial charge in [0, 0.05) is 13.1 Å². The number of rotatable bonds is 11. The Labute approximate surface area is 163 Å². The molecule has 4 heteroatoms. The quantitative estimate of drug-likeness (QED) is 0.640. The summed E-state index contributed by atoms with van der Waals surface area (Å²) in [4.78, 5) is 2.30. The molecule has 0 saturated carbocycles. The number of hydrogen-bond acceptors (Lipinski definition) is 4. The molecule has 0 aromatic heterocycles. The average Bonchev–Trinajstić information content (AvgIpc) is 2.66. The monoisotopic (exact) mass is 371 g/mol. The molecule has 0 saturated heterocycles. The first kappa shape index (κ1) is 21.3. The third-order valence-electron chi connectivity index (χ3n) is 4.58. The summed E-state index contributed by atoms with van der Waals surface area (Å²) in [5.74, 6) is 2.32. The minimum absolute atomic E-state index is 0.297. The molecule has 0 amide bonds. The van der Waals surface area contributed by atoms with Gasteiger partial charge in [0.15, 0.2) is 0 Å². The number of methoxy groups -OCH3 is 1. The van der Waals surface area contributed by atoms with Gasteiger partial charge in [-0.15, -0.1) is 0 Å². The summed E-state index contributed by atoms with van der Waals surface area (Å²) in [5.41, 5.74) is 2.30. The van der Waals surface area contributed by atoms with Crippen LogP contribution < -0.4 is 9.47 Å². The largest absolute Gasteiger partial charge is 0.497 e. The van der Waals surface area contributed by atoms with Gasteiger partial charge in [0.1, 0.15) is 24.2 Å². The maximum Gasteiger partial charge on any atom is 0.122 e. The summed E-state index contributed by atoms with van der Waals surface area (Å²) in [5, 5.41) is 10.5. The van der Waals surface area contributed by atoms with Crippen molar-refractivity contribution in [1.29, 1.82) is 0 Å². The van der Waals surface area contributed by atoms with E-state index < -0.39 is 6.10 Å². The number of aliphatic hydroxyl groups is 1. The summed E-state index contributed by atoms with van der Waals surface area (Å²) in [6, 6.07) is 16.0. The molecule has 0 bridgehead atoms. The first-order valence-electron chi connectivity index (χ1n) is 9.69. The van der Waals surface area contributed by atoms with Crippen molar-refractivity contribution in [2.75, 3.05) is 26.8 Å². The van der Waals surface area contributed by atoms with Gasteiger partial charge in [0.2, 0.25) is 0 Å². The molecule has 27 heavy (non-hydrogen) atoms. The fraction of sp³-hybridized carbons (Fsp3) is 0.478. The highest BCUT2D eigenvalue weighted by Crippen LogP contribution is 2.17. The summed E-state index contributed by atoms with van der Waals surface area (Å²) in [6.07, 6.45) is 0.566. The van der Waals surface area contributed by atoms with Crippen molar-refractivity contribution < 1.29 is 14.6 Å². The summed E-state index contributed by atoms with van der Waals surface area (Å²) >= 11 is 0. The molecule has 0 unspecified atom stereocenters. The first-order chi connectivity index (χ1) is 13.0. The van der Waals surface area contributed by atoms with Gasteiger partial charge in [-0.2, -0.15) is 0 Å². The standard InChI is InChI=1S/C23H33NO3/c1-18(2)13-14-24(15-20-9-11-22(26-4)12-10-20)16-21(25)17-27-23-8-6-5-7-19(23)3/h5-12,18,21,25H,13-17H2,1-4H3/t21-/m1/s1. The Morgan fingerprint density at radius 3 is 2.37 bits per heavy atom. The lowest BCUT2D eigenvalue weighted by atomic mass is 10.1. The van der Waals surface area contributed by atoms with Crippen LogP contribution in [0.25, 0.3) is 0 Å². The molecule has 0 radical (unpaired) electrons. The lowest BCUT2D eigenvalue weighted by Gasteiger charge is -2.26. The Morgan fingerprint density at radius 1 is 1.04 bits per heavy atom. The van der Waals surface area contributed by atoms with Crippen molar-refractivity contribution in [3.8, 4) is 11.5 Å². The second-order valence-electron chi connectivity index (χ2n) is 7.50. The van der Waals surface area contributed by atoms with Crippen LogP contribution in [0.15, 0.2) is 48.5 Å². The van der Waals surface area contributed by atoms with Gasteiger partial charge in [-0.3, -0.25) is 4.90 Å². The highest BCUT2D eigenvalue weighted by Gasteiger charge is 2.14. The van der Waals surface area contributed by atoms with Crippen molar-refractivity contribution in [3.05, 3.63) is 59.7 Å². The van der Waals surface area contributed by atoms with Crippen LogP contribution in [0.3, 0.4) is 0 Å². The van der Waals surface area contributed by atoms with Crippen LogP contribution in [-0.4, -0.2) is 42.9 Å². The minimum Gasteiger partial charge on any atom is -0.497 e. The van der Waals surface area contributed by atoms with Crippen LogP contribution in [0.5, 0.6) is 11.5 Å². The fourth-order valence-corrected chi connectivity index (χ4v) is 2.92. The van der Waals surface area contributed by atoms with Crippen LogP contribution in [0.4, 0.5) is 0 Å². The molecule has 1 N–H and O–H groups in total. The van der Waals surface area contributed by atoms with E-state index >= 15 is 0 Å². The minimum atomic E-state index is -0.532. The van der Waals surface area contributed by atoms with E-state index in [0.29, 0.717) is 19.1 Å². The zero-order valence-electron chi connectivity index (χ0n) is 17.0. The van der Waals surface area contributed by atoms with E-state index in [2.05, 4.69) is 30.9 Å². The van der Waals surface area contributed by atoms with Gasteiger partial charge < -0.3 is 14.6 Å². The number of aryl methyl sites for hydroxylation is 1. The van der Waals surface area contributed by atoms with E-state index in [9.17, 15) is 5.11 Å². The predicted octanol–water partition coefficient (Wildman–Crippen LogP) is 4.29. The molecule has 148 valence electrons. The van der Waals surface area contributed by atoms with Crippen LogP contribution in [0.2, 0.25) is 0 Å². The Kier molecular flexibility index (Phi) is 8.62. The molecule has 0 aliphatic rings. The van der Waals surface area contributed by atoms with Crippen LogP contribution in [0, 0.1) is 12.8 Å². The predicted molar refractivity (Wildman–Crippen MR) is 110 cm³/mol. The number of hydrogen-bond donors (Lipinski definition) is 1. The van der Waals surface area contributed by atoms with E-state index in [1.807, 2.05) is 43.3 Å². The van der Waals surface area contributed by atoms with Crippen molar-refractivity contribution in [1.82, 2.24) is 4.90 Å². The fourth-order valence-electron chi connectivity index (χ4n) is 2.92. The van der Waals surface area contributed by atoms with E-state index in [1.165, 1.54) is 5.56 Å². The number of ether oxygens (including phenoxy) is 2. The van der Waals surface area contributed by atoms with Crippen LogP contribution in [-0.2, 0) is 6.54 Å². The van der Waals surface area contributed by atoms with E-state index in [1.54, 1.807) is 7.11 Å². The maximum atomic E-state index is 10.5. The zero-order chi connectivity index (χ0) is 19.6. The lowest BCUT2D eigenvalue weighted by Crippen LogP contribution is -2.36. The van der Waals surface area contributed by atoms with E-state index in [-0.39, 0.29) is 0 Å². The molecule has 0 aliphatic heterocycles. The van der Waals surface area contributed by atoms with Crippen LogP contribution >= 0.6 is 0 Å². The third-order valence-corrected chi connectivity index (χ3v) is 4.58. The van der Waals surface area contributed by atoms with Crippen molar-refractivity contribution in [2.24, 2.45) is 5.92 Å². The molecule has 1 atom stereocenters. The topological polar surface area (TPSA) is 41.9 Å². The molecule has 0 spiro atoms. The molecular weight excluding hydrogens is 338 g/mol. The summed E-state index contributed by atoms with van der Waals surface area (Å²) in [6.45, 7) is 9.10. The Morgan fingerprint density at radius 2 is 1.74 bits per heavy atom. The van der Waals surface area contributed by atoms with Gasteiger partial charge in [-0.05, 0) is 55.1 Å². The normalized spacial score (nSPS) is 12.4. The number of nitrogens with zero attached hydrogens (tertiary/aromatic N) is 1. The van der Waals surface area contributed by atoms with Crippen molar-refractivity contribution in [3.63, 3.8) is 0 Å². The third kappa shape index (κ3) is 7.61. The molecule has 0 fully saturated rings. The van der Waals surface area contributed by atoms with E-state index in [0.717, 1.165) is 36.6 Å². The SMILES string of the molecule is COc1ccc(CN(CCC(C)C)C[C@@H](O)COc2ccccc2C)cc1. The van der Waals surface area contributed by atoms with Crippen molar-refractivity contribution >= 4 is 0 Å². The second kappa shape index (κ2) is 11.0. The maximum absolute atomic E-state index is 10.5. The van der Waals surface area contributed by atoms with Crippen LogP contribution in [0.1, 0.15) is 31.4 Å². The molecule has 0 aliphatic carbocycles. The molecule has 2 aromatic rings. The Hall–Kier alpha value is -2.04. The highest BCUT2D eigenvalue weighted by atomic mass is 16.5. The highest BCUT2D eigenvalue weighted by molar-refractivity contribution is 5.31. The molecule has 2 rings (SSSR count). The number of aliphatic hydroxyl groups excluding tert-OH is 1. The van der Waals surface area contributed by atoms with Gasteiger partial charge in [-0.25, -0.2) is 0 Å². The average molecular weight is 372 g/mol. The smallest absolute Gasteiger partial charge is 0.122 e. The summed E-state index contributed by atoms with van der Waals surface area (Å²) < 4.78 is 11.0. The molecular formula is C23H33NO3. The summed E-state index contributed by atoms with van der Waals surface area (Å²) in [7, 11) is 1.68. The van der Waals surface area contributed by atoms with E-state index in [4.69, 9.17) is 9.47 Å². The number of para-hydroxylation sites is 1. The van der Waals surface area contributed by atoms with Gasteiger partial charge >= 0.3 is 0 Å². The number of benzene rings is 2. The Balaban J connectivity index is 1.92. The zero-order valence-corrected chi connectivity index (χ0v) is 17.0. The van der Waals surface area contributed by atoms with Gasteiger partial charge in [0.05, 0.1) is 7.11 Å². The van der Waals surface area contributed by atoms with Gasteiger partial charge in [0.25, 0.3) is 0 Å². The first-order valence-corrected chi connectivity index (χ1v) is 9.69. The molecule has 2 aromatic carbocycles. The molecule has 0 heterocycles. The van der Waals surface area contributed by atoms with Crippen molar-refractivity contribution in [2.45, 2.75) is 39.8 Å². The second-order valence-corrected chi connectivity index (χ2v) is 7.50. The van der Waals surface area contributed by atoms with Gasteiger partial charge in [-0.1, -0.05) is 44.2 Å². The molecule has 4 nitrogen and oxygen atoms in total. The lowest BCUT2D eigenvalue weighted by molar-refractivity contribution is 0.0637. The Bertz CT molecular complexity index is 670.